The van der Waals surface area contributed by atoms with Gasteiger partial charge in [-0.05, 0) is 40.5 Å². The van der Waals surface area contributed by atoms with E-state index in [9.17, 15) is 14.0 Å². The number of carbonyl (C=O) groups is 2. The molecule has 0 aliphatic rings. The van der Waals surface area contributed by atoms with Gasteiger partial charge in [0, 0.05) is 4.47 Å². The number of aliphatic carboxylic acids is 1. The minimum absolute atomic E-state index is 0.0738. The summed E-state index contributed by atoms with van der Waals surface area (Å²) in [6, 6.07) is 2.67. The number of carbonyl (C=O) groups excluding carboxylic acids is 1. The molecule has 0 heterocycles. The number of benzene rings is 1. The third-order valence-corrected chi connectivity index (χ3v) is 2.88. The van der Waals surface area contributed by atoms with Crippen molar-refractivity contribution >= 4 is 27.8 Å². The molecular formula is C11H11BrFNO3. The van der Waals surface area contributed by atoms with Crippen molar-refractivity contribution in [3.8, 4) is 0 Å². The van der Waals surface area contributed by atoms with Crippen molar-refractivity contribution in [3.63, 3.8) is 0 Å². The molecule has 2 N–H and O–H groups in total. The zero-order valence-corrected chi connectivity index (χ0v) is 10.6. The van der Waals surface area contributed by atoms with Gasteiger partial charge in [-0.15, -0.1) is 0 Å². The molecule has 0 radical (unpaired) electrons. The molecule has 0 spiro atoms. The first kappa shape index (κ1) is 13.6. The molecule has 0 unspecified atom stereocenters. The lowest BCUT2D eigenvalue weighted by molar-refractivity contribution is -0.139. The summed E-state index contributed by atoms with van der Waals surface area (Å²) in [5.74, 6) is -2.29. The third kappa shape index (κ3) is 3.52. The molecule has 92 valence electrons. The van der Waals surface area contributed by atoms with Crippen LogP contribution in [0.3, 0.4) is 0 Å². The summed E-state index contributed by atoms with van der Waals surface area (Å²) in [5.41, 5.74) is 0.0738. The van der Waals surface area contributed by atoms with Crippen LogP contribution in [-0.2, 0) is 4.79 Å². The van der Waals surface area contributed by atoms with Gasteiger partial charge in [-0.1, -0.05) is 6.92 Å². The monoisotopic (exact) mass is 303 g/mol. The summed E-state index contributed by atoms with van der Waals surface area (Å²) < 4.78 is 13.4. The van der Waals surface area contributed by atoms with Crippen LogP contribution in [-0.4, -0.2) is 23.0 Å². The standard InChI is InChI=1S/C11H11BrFNO3/c1-2-9(11(16)17)14-10(15)7-5-6(13)3-4-8(7)12/h3-5,9H,2H2,1H3,(H,14,15)(H,16,17)/t9-/m0/s1. The maximum atomic E-state index is 13.0. The number of hydrogen-bond donors (Lipinski definition) is 2. The predicted octanol–water partition coefficient (Wildman–Crippen LogP) is 2.18. The molecule has 6 heteroatoms. The van der Waals surface area contributed by atoms with E-state index in [0.717, 1.165) is 6.07 Å². The molecule has 0 saturated heterocycles. The van der Waals surface area contributed by atoms with Crippen molar-refractivity contribution in [2.75, 3.05) is 0 Å². The molecule has 1 aromatic rings. The van der Waals surface area contributed by atoms with Gasteiger partial charge in [0.2, 0.25) is 0 Å². The van der Waals surface area contributed by atoms with Crippen LogP contribution < -0.4 is 5.32 Å². The Balaban J connectivity index is 2.89. The summed E-state index contributed by atoms with van der Waals surface area (Å²) in [6.45, 7) is 1.64. The molecule has 0 aliphatic heterocycles. The quantitative estimate of drug-likeness (QED) is 0.896. The Morgan fingerprint density at radius 2 is 2.18 bits per heavy atom. The van der Waals surface area contributed by atoms with Crippen LogP contribution >= 0.6 is 15.9 Å². The number of hydrogen-bond acceptors (Lipinski definition) is 2. The average Bonchev–Trinajstić information content (AvgIpc) is 2.28. The molecule has 1 rings (SSSR count). The molecule has 1 aromatic carbocycles. The SMILES string of the molecule is CC[C@H](NC(=O)c1cc(F)ccc1Br)C(=O)O. The highest BCUT2D eigenvalue weighted by molar-refractivity contribution is 9.10. The van der Waals surface area contributed by atoms with E-state index in [0.29, 0.717) is 4.47 Å². The maximum absolute atomic E-state index is 13.0. The van der Waals surface area contributed by atoms with Crippen LogP contribution in [0.15, 0.2) is 22.7 Å². The van der Waals surface area contributed by atoms with Crippen LogP contribution in [0.1, 0.15) is 23.7 Å². The Labute approximate surface area is 106 Å². The van der Waals surface area contributed by atoms with Crippen LogP contribution in [0.5, 0.6) is 0 Å². The summed E-state index contributed by atoms with van der Waals surface area (Å²) in [4.78, 5) is 22.5. The van der Waals surface area contributed by atoms with Gasteiger partial charge in [0.05, 0.1) is 5.56 Å². The van der Waals surface area contributed by atoms with Gasteiger partial charge < -0.3 is 10.4 Å². The lowest BCUT2D eigenvalue weighted by Gasteiger charge is -2.12. The minimum atomic E-state index is -1.12. The number of carboxylic acid groups (broad SMARTS) is 1. The zero-order chi connectivity index (χ0) is 13.0. The Morgan fingerprint density at radius 1 is 1.53 bits per heavy atom. The molecule has 4 nitrogen and oxygen atoms in total. The Morgan fingerprint density at radius 3 is 2.71 bits per heavy atom. The van der Waals surface area contributed by atoms with Crippen LogP contribution in [0.4, 0.5) is 4.39 Å². The second kappa shape index (κ2) is 5.77. The molecule has 17 heavy (non-hydrogen) atoms. The van der Waals surface area contributed by atoms with Gasteiger partial charge in [-0.3, -0.25) is 4.79 Å². The van der Waals surface area contributed by atoms with E-state index < -0.39 is 23.7 Å². The normalized spacial score (nSPS) is 11.9. The Hall–Kier alpha value is -1.43. The summed E-state index contributed by atoms with van der Waals surface area (Å²) >= 11 is 3.10. The molecule has 1 atom stereocenters. The van der Waals surface area contributed by atoms with Gasteiger partial charge in [0.25, 0.3) is 5.91 Å². The molecule has 0 fully saturated rings. The van der Waals surface area contributed by atoms with E-state index in [2.05, 4.69) is 21.2 Å². The van der Waals surface area contributed by atoms with E-state index in [1.807, 2.05) is 0 Å². The van der Waals surface area contributed by atoms with E-state index in [-0.39, 0.29) is 12.0 Å². The first-order valence-corrected chi connectivity index (χ1v) is 5.73. The summed E-state index contributed by atoms with van der Waals surface area (Å²) in [5, 5.41) is 11.1. The third-order valence-electron chi connectivity index (χ3n) is 2.18. The average molecular weight is 304 g/mol. The minimum Gasteiger partial charge on any atom is -0.480 e. The first-order valence-electron chi connectivity index (χ1n) is 4.94. The van der Waals surface area contributed by atoms with Gasteiger partial charge in [0.15, 0.2) is 0 Å². The fourth-order valence-corrected chi connectivity index (χ4v) is 1.67. The summed E-state index contributed by atoms with van der Waals surface area (Å²) in [7, 11) is 0. The van der Waals surface area contributed by atoms with Gasteiger partial charge in [-0.25, -0.2) is 9.18 Å². The second-order valence-electron chi connectivity index (χ2n) is 3.40. The van der Waals surface area contributed by atoms with Crippen molar-refractivity contribution in [1.82, 2.24) is 5.32 Å². The lowest BCUT2D eigenvalue weighted by atomic mass is 10.1. The number of amides is 1. The topological polar surface area (TPSA) is 66.4 Å². The van der Waals surface area contributed by atoms with E-state index in [4.69, 9.17) is 5.11 Å². The largest absolute Gasteiger partial charge is 0.480 e. The number of nitrogens with one attached hydrogen (secondary N) is 1. The Bertz CT molecular complexity index is 450. The zero-order valence-electron chi connectivity index (χ0n) is 9.04. The molecule has 0 saturated carbocycles. The first-order chi connectivity index (χ1) is 7.95. The highest BCUT2D eigenvalue weighted by Gasteiger charge is 2.20. The molecular weight excluding hydrogens is 293 g/mol. The smallest absolute Gasteiger partial charge is 0.326 e. The fourth-order valence-electron chi connectivity index (χ4n) is 1.25. The number of rotatable bonds is 4. The van der Waals surface area contributed by atoms with Crippen LogP contribution in [0.25, 0.3) is 0 Å². The van der Waals surface area contributed by atoms with E-state index in [1.54, 1.807) is 6.92 Å². The van der Waals surface area contributed by atoms with Crippen molar-refractivity contribution < 1.29 is 19.1 Å². The predicted molar refractivity (Wildman–Crippen MR) is 63.3 cm³/mol. The second-order valence-corrected chi connectivity index (χ2v) is 4.25. The molecule has 1 amide bonds. The van der Waals surface area contributed by atoms with E-state index >= 15 is 0 Å². The van der Waals surface area contributed by atoms with Crippen molar-refractivity contribution in [2.24, 2.45) is 0 Å². The fraction of sp³-hybridized carbons (Fsp3) is 0.273. The van der Waals surface area contributed by atoms with Crippen LogP contribution in [0, 0.1) is 5.82 Å². The number of halogens is 2. The highest BCUT2D eigenvalue weighted by atomic mass is 79.9. The van der Waals surface area contributed by atoms with Crippen LogP contribution in [0.2, 0.25) is 0 Å². The molecule has 0 bridgehead atoms. The van der Waals surface area contributed by atoms with Crippen molar-refractivity contribution in [3.05, 3.63) is 34.1 Å². The molecule has 0 aliphatic carbocycles. The van der Waals surface area contributed by atoms with Gasteiger partial charge in [-0.2, -0.15) is 0 Å². The van der Waals surface area contributed by atoms with Crippen molar-refractivity contribution in [2.45, 2.75) is 19.4 Å². The lowest BCUT2D eigenvalue weighted by Crippen LogP contribution is -2.40. The Kier molecular flexibility index (Phi) is 4.62. The van der Waals surface area contributed by atoms with E-state index in [1.165, 1.54) is 12.1 Å². The van der Waals surface area contributed by atoms with Gasteiger partial charge >= 0.3 is 5.97 Å². The molecule has 0 aromatic heterocycles. The van der Waals surface area contributed by atoms with Crippen molar-refractivity contribution in [1.29, 1.82) is 0 Å². The highest BCUT2D eigenvalue weighted by Crippen LogP contribution is 2.17. The maximum Gasteiger partial charge on any atom is 0.326 e. The number of carboxylic acids is 1. The summed E-state index contributed by atoms with van der Waals surface area (Å²) in [6.07, 6.45) is 0.258. The van der Waals surface area contributed by atoms with Gasteiger partial charge in [0.1, 0.15) is 11.9 Å².